The summed E-state index contributed by atoms with van der Waals surface area (Å²) in [5.74, 6) is -5.67. The molecule has 0 bridgehead atoms. The summed E-state index contributed by atoms with van der Waals surface area (Å²) in [6.07, 6.45) is -22.5. The summed E-state index contributed by atoms with van der Waals surface area (Å²) in [4.78, 5) is 93.0. The van der Waals surface area contributed by atoms with E-state index in [0.717, 1.165) is 11.0 Å². The highest BCUT2D eigenvalue weighted by atomic mass is 16.4. The van der Waals surface area contributed by atoms with Crippen molar-refractivity contribution in [1.29, 1.82) is 0 Å². The van der Waals surface area contributed by atoms with Crippen molar-refractivity contribution in [3.63, 3.8) is 0 Å². The third kappa shape index (κ3) is 30.4. The van der Waals surface area contributed by atoms with Crippen molar-refractivity contribution in [3.8, 4) is 0 Å². The van der Waals surface area contributed by atoms with Gasteiger partial charge in [-0.3, -0.25) is 74.1 Å². The number of aliphatic hydroxyl groups excluding tert-OH is 15. The van der Waals surface area contributed by atoms with Gasteiger partial charge in [-0.15, -0.1) is 0 Å². The molecule has 39 nitrogen and oxygen atoms in total. The number of aromatic amines is 1. The lowest BCUT2D eigenvalue weighted by Gasteiger charge is -2.34. The molecule has 2 aliphatic rings. The number of nitrogens with zero attached hydrogens (tertiary/aromatic N) is 7. The molecule has 3 aromatic rings. The van der Waals surface area contributed by atoms with Crippen LogP contribution in [0.3, 0.4) is 0 Å². The second kappa shape index (κ2) is 45.3. The molecule has 590 valence electrons. The van der Waals surface area contributed by atoms with Crippen LogP contribution in [-0.4, -0.2) is 389 Å². The van der Waals surface area contributed by atoms with Crippen molar-refractivity contribution in [2.24, 2.45) is 0 Å². The van der Waals surface area contributed by atoms with E-state index in [1.807, 2.05) is 24.3 Å². The van der Waals surface area contributed by atoms with E-state index in [1.54, 1.807) is 44.8 Å². The van der Waals surface area contributed by atoms with Gasteiger partial charge in [-0.2, -0.15) is 0 Å². The Morgan fingerprint density at radius 3 is 1.68 bits per heavy atom. The maximum atomic E-state index is 14.3. The van der Waals surface area contributed by atoms with E-state index in [9.17, 15) is 126 Å². The molecular formula is C65H110N14O25. The first-order valence-electron chi connectivity index (χ1n) is 34.8. The number of aromatic nitrogens is 2. The summed E-state index contributed by atoms with van der Waals surface area (Å²) in [6, 6.07) is 9.16. The van der Waals surface area contributed by atoms with Crippen molar-refractivity contribution < 1.29 is 126 Å². The molecule has 0 spiro atoms. The lowest BCUT2D eigenvalue weighted by molar-refractivity contribution is -0.140. The third-order valence-electron chi connectivity index (χ3n) is 18.3. The van der Waals surface area contributed by atoms with Crippen LogP contribution in [0.1, 0.15) is 81.0 Å². The molecule has 0 aliphatic carbocycles. The molecule has 39 heteroatoms. The Hall–Kier alpha value is -6.43. The number of amides is 2. The van der Waals surface area contributed by atoms with Crippen molar-refractivity contribution in [2.75, 3.05) is 130 Å². The molecule has 0 unspecified atom stereocenters. The van der Waals surface area contributed by atoms with Gasteiger partial charge >= 0.3 is 23.9 Å². The van der Waals surface area contributed by atoms with Crippen LogP contribution >= 0.6 is 0 Å². The number of benzene rings is 2. The van der Waals surface area contributed by atoms with Crippen LogP contribution in [0.15, 0.2) is 42.5 Å². The molecular weight excluding hydrogens is 1380 g/mol. The van der Waals surface area contributed by atoms with Gasteiger partial charge in [-0.25, -0.2) is 4.98 Å². The fourth-order valence-corrected chi connectivity index (χ4v) is 12.2. The number of H-pyrrole nitrogens is 1. The minimum absolute atomic E-state index is 0.00638. The Bertz CT molecular complexity index is 3020. The number of carboxylic acids is 4. The number of hydrogen-bond donors (Lipinski definition) is 26. The van der Waals surface area contributed by atoms with E-state index in [0.29, 0.717) is 54.9 Å². The zero-order valence-corrected chi connectivity index (χ0v) is 58.4. The highest BCUT2D eigenvalue weighted by Crippen LogP contribution is 2.31. The fourth-order valence-electron chi connectivity index (χ4n) is 12.2. The fraction of sp³-hybridized carbons (Fsp3) is 0.708. The number of rotatable bonds is 46. The van der Waals surface area contributed by atoms with Gasteiger partial charge in [0, 0.05) is 96.7 Å². The van der Waals surface area contributed by atoms with Crippen molar-refractivity contribution in [3.05, 3.63) is 59.4 Å². The molecule has 0 saturated carbocycles. The average Bonchev–Trinajstić information content (AvgIpc) is 1.62. The molecule has 5 rings (SSSR count). The molecule has 26 N–H and O–H groups in total. The molecule has 2 aromatic carbocycles. The Morgan fingerprint density at radius 1 is 0.596 bits per heavy atom. The summed E-state index contributed by atoms with van der Waals surface area (Å²) in [5, 5.41) is 214. The molecule has 1 saturated heterocycles. The minimum Gasteiger partial charge on any atom is -0.481 e. The summed E-state index contributed by atoms with van der Waals surface area (Å²) in [5.41, 5.74) is 3.45. The molecule has 104 heavy (non-hydrogen) atoms. The minimum atomic E-state index is -2.04. The zero-order valence-electron chi connectivity index (χ0n) is 58.4. The maximum Gasteiger partial charge on any atom is 0.317 e. The highest BCUT2D eigenvalue weighted by molar-refractivity contribution is 5.79. The number of carbonyl (C=O) groups is 6. The molecule has 2 aliphatic heterocycles. The number of anilines is 1. The van der Waals surface area contributed by atoms with Crippen LogP contribution in [0.5, 0.6) is 0 Å². The lowest BCUT2D eigenvalue weighted by Crippen LogP contribution is -2.59. The highest BCUT2D eigenvalue weighted by Gasteiger charge is 2.36. The first-order valence-corrected chi connectivity index (χ1v) is 34.8. The normalized spacial score (nSPS) is 20.7. The van der Waals surface area contributed by atoms with E-state index in [4.69, 9.17) is 0 Å². The predicted molar refractivity (Wildman–Crippen MR) is 369 cm³/mol. The molecule has 1 aromatic heterocycles. The SMILES string of the molecule is CN(Cc1nc2ccccc2[nH]1)[C@H](O)c1ccc2c(c1)CN(CCCCCCN[C@H](O)[C@H](CC[C@@H](O)NC[C@@H](O)[C@H](O)[C@@H](O)[C@@H](O)CO)N[C@H](O)[C@H](CCC(=O)NC[C@H](O)[C@@H](O)[C@H](O)[C@H](O)CO)NC(=O)CN1CCN(CC(=O)O)CCN(CC(=O)O)CCN(CC(=O)O)CC1)[C@H](O)[C@H](CC(=O)O)N2. The Morgan fingerprint density at radius 2 is 1.13 bits per heavy atom. The second-order valence-electron chi connectivity index (χ2n) is 26.6. The van der Waals surface area contributed by atoms with Crippen LogP contribution < -0.4 is 31.9 Å². The van der Waals surface area contributed by atoms with Gasteiger partial charge in [-0.05, 0) is 81.1 Å². The second-order valence-corrected chi connectivity index (χ2v) is 26.6. The van der Waals surface area contributed by atoms with Gasteiger partial charge in [0.15, 0.2) is 0 Å². The molecule has 3 heterocycles. The number of aliphatic hydroxyl groups is 15. The summed E-state index contributed by atoms with van der Waals surface area (Å²) < 4.78 is 0. The van der Waals surface area contributed by atoms with Crippen molar-refractivity contribution >= 4 is 52.4 Å². The van der Waals surface area contributed by atoms with Gasteiger partial charge < -0.3 is 118 Å². The number of hydrogen-bond acceptors (Lipinski definition) is 32. The molecule has 2 amide bonds. The largest absolute Gasteiger partial charge is 0.481 e. The predicted octanol–water partition coefficient (Wildman–Crippen LogP) is -8.76. The van der Waals surface area contributed by atoms with E-state index >= 15 is 0 Å². The summed E-state index contributed by atoms with van der Waals surface area (Å²) in [7, 11) is 1.74. The van der Waals surface area contributed by atoms with Crippen LogP contribution in [0.25, 0.3) is 11.0 Å². The van der Waals surface area contributed by atoms with Crippen LogP contribution in [-0.2, 0) is 41.9 Å². The number of fused-ring (bicyclic) bond motifs is 2. The number of carbonyl (C=O) groups excluding carboxylic acids is 2. The molecule has 16 atom stereocenters. The molecule has 0 radical (unpaired) electrons. The number of nitrogens with one attached hydrogen (secondary N) is 7. The van der Waals surface area contributed by atoms with Gasteiger partial charge in [0.2, 0.25) is 11.8 Å². The Balaban J connectivity index is 1.32. The number of unbranched alkanes of at least 4 members (excludes halogenated alkanes) is 3. The van der Waals surface area contributed by atoms with Crippen LogP contribution in [0.2, 0.25) is 0 Å². The van der Waals surface area contributed by atoms with E-state index in [-0.39, 0.29) is 84.8 Å². The maximum absolute atomic E-state index is 14.3. The lowest BCUT2D eigenvalue weighted by atomic mass is 10.0. The van der Waals surface area contributed by atoms with Crippen molar-refractivity contribution in [2.45, 2.75) is 169 Å². The average molecular weight is 1490 g/mol. The first-order chi connectivity index (χ1) is 49.3. The third-order valence-corrected chi connectivity index (χ3v) is 18.3. The summed E-state index contributed by atoms with van der Waals surface area (Å²) >= 11 is 0. The Labute approximate surface area is 600 Å². The monoisotopic (exact) mass is 1490 g/mol. The summed E-state index contributed by atoms with van der Waals surface area (Å²) in [6.45, 7) is -3.70. The van der Waals surface area contributed by atoms with Gasteiger partial charge in [-0.1, -0.05) is 31.0 Å². The van der Waals surface area contributed by atoms with Crippen molar-refractivity contribution in [1.82, 2.24) is 66.0 Å². The number of aliphatic carboxylic acids is 4. The van der Waals surface area contributed by atoms with Crippen LogP contribution in [0.4, 0.5) is 5.69 Å². The van der Waals surface area contributed by atoms with Crippen LogP contribution in [0, 0.1) is 0 Å². The number of para-hydroxylation sites is 2. The van der Waals surface area contributed by atoms with E-state index in [2.05, 4.69) is 41.9 Å². The first kappa shape index (κ1) is 88.2. The number of carboxylic acid groups (broad SMARTS) is 4. The Kier molecular flexibility index (Phi) is 38.4. The topological polar surface area (TPSA) is 607 Å². The quantitative estimate of drug-likeness (QED) is 0.0184. The molecule has 1 fully saturated rings. The van der Waals surface area contributed by atoms with E-state index in [1.165, 1.54) is 9.80 Å². The van der Waals surface area contributed by atoms with Gasteiger partial charge in [0.25, 0.3) is 0 Å². The van der Waals surface area contributed by atoms with Gasteiger partial charge in [0.1, 0.15) is 73.6 Å². The number of imidazole rings is 1. The van der Waals surface area contributed by atoms with E-state index < -0.39 is 206 Å². The zero-order chi connectivity index (χ0) is 76.7. The smallest absolute Gasteiger partial charge is 0.317 e. The van der Waals surface area contributed by atoms with Gasteiger partial charge in [0.05, 0.1) is 87.7 Å². The standard InChI is InChI=1S/C65H110N14O25/c1-74(31-50-70-41-8-4-5-9-42(41)71-50)64(103)38-10-11-40-39(26-38)30-79(65(104)45(69-40)27-54(89)90)17-7-3-2-6-16-66-62(101)43(12-14-51(86)67-28-46(82)58(97)60(99)48(84)36-80)73-63(102)44(13-15-52(87)68-29-47(83)59(98)61(100)49(85)37-81)72-53(88)32-75-18-20-76(33-55(91)92)22-24-78(35-57(95)96)25-23-77(21-19-75)34-56(93)94/h4-5,8-11,26,43-49,51,58-67,69,73,80-86,97-104H,2-3,6-7,12-25,27-37H2,1H3,(H,68,87)(H,70,71)(H,72,88)(H,89,90)(H,91,92)(H,93,94)(H,95,96)/t43-,44-,45-,46+,47-,48-,49+,51+,58-,59+,60-,61+,62+,63+,64+,65+/m0/s1.